The second-order valence-corrected chi connectivity index (χ2v) is 2.25. The second kappa shape index (κ2) is 6.24. The van der Waals surface area contributed by atoms with E-state index in [9.17, 15) is 4.79 Å². The number of hydrogen-bond donors (Lipinski definition) is 1. The van der Waals surface area contributed by atoms with Crippen molar-refractivity contribution in [2.24, 2.45) is 0 Å². The first-order chi connectivity index (χ1) is 5.20. The Bertz CT molecular complexity index is 117. The summed E-state index contributed by atoms with van der Waals surface area (Å²) in [6.07, 6.45) is -1.27. The first-order valence-corrected chi connectivity index (χ1v) is 3.68. The number of alkyl halides is 1. The van der Waals surface area contributed by atoms with Crippen LogP contribution in [0.1, 0.15) is 6.42 Å². The van der Waals surface area contributed by atoms with Gasteiger partial charge in [0.25, 0.3) is 0 Å². The molecule has 0 radical (unpaired) electrons. The average Bonchev–Trinajstić information content (AvgIpc) is 1.97. The molecule has 0 aliphatic rings. The summed E-state index contributed by atoms with van der Waals surface area (Å²) >= 11 is 5.40. The number of halogens is 1. The van der Waals surface area contributed by atoms with Gasteiger partial charge in [0.2, 0.25) is 0 Å². The van der Waals surface area contributed by atoms with Crippen molar-refractivity contribution in [1.29, 1.82) is 0 Å². The lowest BCUT2D eigenvalue weighted by atomic mass is 10.3. The SMILES string of the molecule is COCCC(CCl)OC(=O)O. The zero-order chi connectivity index (χ0) is 8.69. The van der Waals surface area contributed by atoms with Gasteiger partial charge in [0, 0.05) is 20.1 Å². The van der Waals surface area contributed by atoms with E-state index in [0.717, 1.165) is 0 Å². The summed E-state index contributed by atoms with van der Waals surface area (Å²) in [4.78, 5) is 10.0. The molecular weight excluding hydrogens is 172 g/mol. The summed E-state index contributed by atoms with van der Waals surface area (Å²) in [6.45, 7) is 0.449. The van der Waals surface area contributed by atoms with Gasteiger partial charge in [-0.1, -0.05) is 0 Å². The van der Waals surface area contributed by atoms with Gasteiger partial charge >= 0.3 is 6.16 Å². The Labute approximate surface area is 70.1 Å². The summed E-state index contributed by atoms with van der Waals surface area (Å²) in [7, 11) is 1.53. The van der Waals surface area contributed by atoms with Crippen LogP contribution in [0.2, 0.25) is 0 Å². The fourth-order valence-electron chi connectivity index (χ4n) is 0.559. The van der Waals surface area contributed by atoms with Crippen molar-refractivity contribution in [2.45, 2.75) is 12.5 Å². The third kappa shape index (κ3) is 5.94. The highest BCUT2D eigenvalue weighted by molar-refractivity contribution is 6.18. The van der Waals surface area contributed by atoms with Crippen LogP contribution in [0.25, 0.3) is 0 Å². The predicted molar refractivity (Wildman–Crippen MR) is 40.1 cm³/mol. The Balaban J connectivity index is 3.49. The molecule has 0 aliphatic carbocycles. The molecule has 1 atom stereocenters. The Morgan fingerprint density at radius 2 is 2.36 bits per heavy atom. The highest BCUT2D eigenvalue weighted by atomic mass is 35.5. The average molecular weight is 183 g/mol. The maximum Gasteiger partial charge on any atom is 0.506 e. The lowest BCUT2D eigenvalue weighted by Crippen LogP contribution is -2.20. The van der Waals surface area contributed by atoms with E-state index in [4.69, 9.17) is 21.4 Å². The zero-order valence-electron chi connectivity index (χ0n) is 6.25. The Morgan fingerprint density at radius 3 is 2.73 bits per heavy atom. The van der Waals surface area contributed by atoms with Gasteiger partial charge in [-0.05, 0) is 0 Å². The highest BCUT2D eigenvalue weighted by Crippen LogP contribution is 2.01. The molecule has 4 nitrogen and oxygen atoms in total. The van der Waals surface area contributed by atoms with Crippen LogP contribution < -0.4 is 0 Å². The predicted octanol–water partition coefficient (Wildman–Crippen LogP) is 1.32. The fourth-order valence-corrected chi connectivity index (χ4v) is 0.777. The molecule has 0 saturated heterocycles. The molecule has 1 unspecified atom stereocenters. The molecule has 0 amide bonds. The molecule has 11 heavy (non-hydrogen) atoms. The minimum atomic E-state index is -1.30. The topological polar surface area (TPSA) is 55.8 Å². The van der Waals surface area contributed by atoms with Crippen LogP contribution in [0.3, 0.4) is 0 Å². The minimum absolute atomic E-state index is 0.162. The molecule has 66 valence electrons. The summed E-state index contributed by atoms with van der Waals surface area (Å²) in [5, 5.41) is 8.19. The quantitative estimate of drug-likeness (QED) is 0.515. The van der Waals surface area contributed by atoms with Crippen molar-refractivity contribution in [3.8, 4) is 0 Å². The first kappa shape index (κ1) is 10.5. The normalized spacial score (nSPS) is 12.5. The van der Waals surface area contributed by atoms with Crippen LogP contribution in [0, 0.1) is 0 Å². The first-order valence-electron chi connectivity index (χ1n) is 3.15. The van der Waals surface area contributed by atoms with Gasteiger partial charge in [-0.2, -0.15) is 0 Å². The van der Waals surface area contributed by atoms with E-state index in [1.165, 1.54) is 7.11 Å². The van der Waals surface area contributed by atoms with E-state index >= 15 is 0 Å². The Morgan fingerprint density at radius 1 is 1.73 bits per heavy atom. The second-order valence-electron chi connectivity index (χ2n) is 1.94. The molecule has 1 N–H and O–H groups in total. The maximum absolute atomic E-state index is 10.0. The van der Waals surface area contributed by atoms with Gasteiger partial charge in [0.05, 0.1) is 5.88 Å². The third-order valence-electron chi connectivity index (χ3n) is 1.08. The van der Waals surface area contributed by atoms with E-state index in [0.29, 0.717) is 13.0 Å². The molecule has 0 aliphatic heterocycles. The van der Waals surface area contributed by atoms with E-state index in [-0.39, 0.29) is 5.88 Å². The molecule has 0 aromatic heterocycles. The molecular formula is C6H11ClO4. The highest BCUT2D eigenvalue weighted by Gasteiger charge is 2.11. The van der Waals surface area contributed by atoms with Crippen LogP contribution in [-0.4, -0.2) is 37.0 Å². The van der Waals surface area contributed by atoms with Crippen LogP contribution in [0.4, 0.5) is 4.79 Å². The number of hydrogen-bond acceptors (Lipinski definition) is 3. The van der Waals surface area contributed by atoms with Crippen molar-refractivity contribution in [3.05, 3.63) is 0 Å². The van der Waals surface area contributed by atoms with Crippen LogP contribution >= 0.6 is 11.6 Å². The van der Waals surface area contributed by atoms with Crippen LogP contribution in [-0.2, 0) is 9.47 Å². The van der Waals surface area contributed by atoms with Crippen molar-refractivity contribution in [3.63, 3.8) is 0 Å². The van der Waals surface area contributed by atoms with Gasteiger partial charge in [-0.3, -0.25) is 0 Å². The molecule has 0 bridgehead atoms. The van der Waals surface area contributed by atoms with E-state index < -0.39 is 12.3 Å². The summed E-state index contributed by atoms with van der Waals surface area (Å²) in [6, 6.07) is 0. The van der Waals surface area contributed by atoms with Crippen molar-refractivity contribution >= 4 is 17.8 Å². The van der Waals surface area contributed by atoms with Gasteiger partial charge in [-0.25, -0.2) is 4.79 Å². The van der Waals surface area contributed by atoms with Crippen molar-refractivity contribution in [1.82, 2.24) is 0 Å². The van der Waals surface area contributed by atoms with E-state index in [1.54, 1.807) is 0 Å². The van der Waals surface area contributed by atoms with Crippen molar-refractivity contribution < 1.29 is 19.4 Å². The standard InChI is InChI=1S/C6H11ClO4/c1-10-3-2-5(4-7)11-6(8)9/h5H,2-4H2,1H3,(H,8,9). The number of carboxylic acid groups (broad SMARTS) is 1. The summed E-state index contributed by atoms with van der Waals surface area (Å²) in [5.41, 5.74) is 0. The molecule has 0 saturated carbocycles. The third-order valence-corrected chi connectivity index (χ3v) is 1.43. The number of methoxy groups -OCH3 is 1. The van der Waals surface area contributed by atoms with Gasteiger partial charge in [0.1, 0.15) is 6.10 Å². The number of ether oxygens (including phenoxy) is 2. The summed E-state index contributed by atoms with van der Waals surface area (Å²) < 4.78 is 9.13. The van der Waals surface area contributed by atoms with Gasteiger partial charge in [0.15, 0.2) is 0 Å². The van der Waals surface area contributed by atoms with E-state index in [1.807, 2.05) is 0 Å². The van der Waals surface area contributed by atoms with E-state index in [2.05, 4.69) is 4.74 Å². The molecule has 5 heteroatoms. The van der Waals surface area contributed by atoms with Crippen LogP contribution in [0.5, 0.6) is 0 Å². The number of rotatable bonds is 5. The molecule has 0 fully saturated rings. The maximum atomic E-state index is 10.0. The monoisotopic (exact) mass is 182 g/mol. The lowest BCUT2D eigenvalue weighted by Gasteiger charge is -2.11. The molecule has 0 aromatic carbocycles. The smallest absolute Gasteiger partial charge is 0.450 e. The van der Waals surface area contributed by atoms with Crippen LogP contribution in [0.15, 0.2) is 0 Å². The zero-order valence-corrected chi connectivity index (χ0v) is 7.00. The molecule has 0 aromatic rings. The largest absolute Gasteiger partial charge is 0.506 e. The number of carbonyl (C=O) groups is 1. The lowest BCUT2D eigenvalue weighted by molar-refractivity contribution is 0.0453. The molecule has 0 heterocycles. The Hall–Kier alpha value is -0.480. The van der Waals surface area contributed by atoms with Crippen molar-refractivity contribution in [2.75, 3.05) is 19.6 Å². The van der Waals surface area contributed by atoms with Gasteiger partial charge < -0.3 is 14.6 Å². The molecule has 0 rings (SSSR count). The fraction of sp³-hybridized carbons (Fsp3) is 0.833. The minimum Gasteiger partial charge on any atom is -0.450 e. The van der Waals surface area contributed by atoms with Gasteiger partial charge in [-0.15, -0.1) is 11.6 Å². The Kier molecular flexibility index (Phi) is 5.97. The summed E-state index contributed by atoms with van der Waals surface area (Å²) in [5.74, 6) is 0.162. The molecule has 0 spiro atoms.